The highest BCUT2D eigenvalue weighted by Crippen LogP contribution is 2.26. The Bertz CT molecular complexity index is 702. The summed E-state index contributed by atoms with van der Waals surface area (Å²) in [5.41, 5.74) is 4.16. The highest BCUT2D eigenvalue weighted by Gasteiger charge is 2.11. The van der Waals surface area contributed by atoms with Crippen molar-refractivity contribution in [1.29, 1.82) is 0 Å². The molecule has 0 radical (unpaired) electrons. The maximum absolute atomic E-state index is 5.92. The summed E-state index contributed by atoms with van der Waals surface area (Å²) < 4.78 is 0. The van der Waals surface area contributed by atoms with Gasteiger partial charge in [-0.25, -0.2) is 4.98 Å². The van der Waals surface area contributed by atoms with E-state index in [9.17, 15) is 0 Å². The quantitative estimate of drug-likeness (QED) is 0.776. The number of aryl methyl sites for hydroxylation is 1. The summed E-state index contributed by atoms with van der Waals surface area (Å²) >= 11 is 5.92. The van der Waals surface area contributed by atoms with Crippen molar-refractivity contribution >= 4 is 11.6 Å². The number of nitrogens with zero attached hydrogens (tertiary/aromatic N) is 2. The fourth-order valence-corrected chi connectivity index (χ4v) is 2.29. The Balaban J connectivity index is 2.07. The molecule has 0 atom stereocenters. The van der Waals surface area contributed by atoms with Crippen LogP contribution >= 0.6 is 11.6 Å². The molecule has 20 heavy (non-hydrogen) atoms. The first-order valence-corrected chi connectivity index (χ1v) is 6.91. The fourth-order valence-electron chi connectivity index (χ4n) is 2.16. The van der Waals surface area contributed by atoms with Crippen LogP contribution in [0.5, 0.6) is 0 Å². The summed E-state index contributed by atoms with van der Waals surface area (Å²) in [6.45, 7) is 2.10. The Morgan fingerprint density at radius 1 is 1.10 bits per heavy atom. The van der Waals surface area contributed by atoms with Crippen molar-refractivity contribution < 1.29 is 0 Å². The van der Waals surface area contributed by atoms with Gasteiger partial charge in [0.05, 0.1) is 11.4 Å². The van der Waals surface area contributed by atoms with E-state index >= 15 is 0 Å². The molecule has 1 aromatic carbocycles. The van der Waals surface area contributed by atoms with Crippen molar-refractivity contribution in [2.45, 2.75) is 13.3 Å². The molecule has 2 heterocycles. The van der Waals surface area contributed by atoms with E-state index in [1.165, 1.54) is 0 Å². The lowest BCUT2D eigenvalue weighted by molar-refractivity contribution is 1.07. The molecule has 0 bridgehead atoms. The van der Waals surface area contributed by atoms with Gasteiger partial charge in [-0.15, -0.1) is 0 Å². The first-order chi connectivity index (χ1) is 9.78. The van der Waals surface area contributed by atoms with E-state index in [1.54, 1.807) is 6.20 Å². The van der Waals surface area contributed by atoms with Crippen LogP contribution in [-0.2, 0) is 6.42 Å². The lowest BCUT2D eigenvalue weighted by atomic mass is 10.1. The van der Waals surface area contributed by atoms with Crippen LogP contribution in [0.15, 0.2) is 48.8 Å². The molecule has 0 aliphatic heterocycles. The first-order valence-electron chi connectivity index (χ1n) is 6.53. The second kappa shape index (κ2) is 5.47. The molecule has 3 rings (SSSR count). The van der Waals surface area contributed by atoms with Crippen molar-refractivity contribution in [1.82, 2.24) is 15.0 Å². The zero-order chi connectivity index (χ0) is 13.9. The van der Waals surface area contributed by atoms with Crippen LogP contribution in [0, 0.1) is 0 Å². The third-order valence-electron chi connectivity index (χ3n) is 3.18. The van der Waals surface area contributed by atoms with Gasteiger partial charge in [0.25, 0.3) is 0 Å². The standard InChI is InChI=1S/C16H14ClN3/c1-2-14-15(12-4-3-9-18-10-12)20-16(19-14)11-5-7-13(17)8-6-11/h3-10H,2H2,1H3,(H,19,20). The number of rotatable bonds is 3. The van der Waals surface area contributed by atoms with Crippen LogP contribution in [0.2, 0.25) is 5.02 Å². The fraction of sp³-hybridized carbons (Fsp3) is 0.125. The predicted molar refractivity (Wildman–Crippen MR) is 81.6 cm³/mol. The van der Waals surface area contributed by atoms with Gasteiger partial charge < -0.3 is 4.98 Å². The zero-order valence-corrected chi connectivity index (χ0v) is 11.9. The van der Waals surface area contributed by atoms with Crippen molar-refractivity contribution in [3.8, 4) is 22.6 Å². The first kappa shape index (κ1) is 12.9. The van der Waals surface area contributed by atoms with E-state index < -0.39 is 0 Å². The van der Waals surface area contributed by atoms with Crippen molar-refractivity contribution in [2.24, 2.45) is 0 Å². The van der Waals surface area contributed by atoms with E-state index in [2.05, 4.69) is 21.9 Å². The van der Waals surface area contributed by atoms with Gasteiger partial charge in [-0.1, -0.05) is 18.5 Å². The SMILES string of the molecule is CCc1nc(-c2ccc(Cl)cc2)[nH]c1-c1cccnc1. The molecule has 0 amide bonds. The Morgan fingerprint density at radius 3 is 2.55 bits per heavy atom. The number of aromatic amines is 1. The molecule has 0 spiro atoms. The summed E-state index contributed by atoms with van der Waals surface area (Å²) in [5.74, 6) is 0.859. The number of hydrogen-bond acceptors (Lipinski definition) is 2. The number of aromatic nitrogens is 3. The van der Waals surface area contributed by atoms with Gasteiger partial charge in [-0.05, 0) is 42.8 Å². The van der Waals surface area contributed by atoms with Gasteiger partial charge >= 0.3 is 0 Å². The minimum atomic E-state index is 0.725. The van der Waals surface area contributed by atoms with Crippen molar-refractivity contribution in [3.05, 3.63) is 59.5 Å². The van der Waals surface area contributed by atoms with Crippen molar-refractivity contribution in [2.75, 3.05) is 0 Å². The minimum Gasteiger partial charge on any atom is -0.338 e. The molecule has 4 heteroatoms. The molecule has 1 N–H and O–H groups in total. The van der Waals surface area contributed by atoms with Gasteiger partial charge in [-0.3, -0.25) is 4.98 Å². The largest absolute Gasteiger partial charge is 0.338 e. The Kier molecular flexibility index (Phi) is 3.52. The molecule has 3 nitrogen and oxygen atoms in total. The monoisotopic (exact) mass is 283 g/mol. The number of pyridine rings is 1. The van der Waals surface area contributed by atoms with Gasteiger partial charge in [0, 0.05) is 28.5 Å². The summed E-state index contributed by atoms with van der Waals surface area (Å²) in [5, 5.41) is 0.725. The van der Waals surface area contributed by atoms with Crippen LogP contribution in [0.4, 0.5) is 0 Å². The predicted octanol–water partition coefficient (Wildman–Crippen LogP) is 4.35. The second-order valence-electron chi connectivity index (χ2n) is 4.51. The number of benzene rings is 1. The van der Waals surface area contributed by atoms with Gasteiger partial charge in [-0.2, -0.15) is 0 Å². The number of imidazole rings is 1. The highest BCUT2D eigenvalue weighted by atomic mass is 35.5. The average molecular weight is 284 g/mol. The summed E-state index contributed by atoms with van der Waals surface area (Å²) in [7, 11) is 0. The number of nitrogens with one attached hydrogen (secondary N) is 1. The lowest BCUT2D eigenvalue weighted by Crippen LogP contribution is -1.86. The minimum absolute atomic E-state index is 0.725. The lowest BCUT2D eigenvalue weighted by Gasteiger charge is -1.99. The topological polar surface area (TPSA) is 41.6 Å². The molecule has 0 saturated heterocycles. The van der Waals surface area contributed by atoms with E-state index in [0.29, 0.717) is 0 Å². The second-order valence-corrected chi connectivity index (χ2v) is 4.95. The molecule has 100 valence electrons. The van der Waals surface area contributed by atoms with Gasteiger partial charge in [0.1, 0.15) is 5.82 Å². The molecule has 0 saturated carbocycles. The number of hydrogen-bond donors (Lipinski definition) is 1. The Morgan fingerprint density at radius 2 is 1.90 bits per heavy atom. The number of halogens is 1. The summed E-state index contributed by atoms with van der Waals surface area (Å²) in [6, 6.07) is 11.6. The van der Waals surface area contributed by atoms with Crippen LogP contribution in [-0.4, -0.2) is 15.0 Å². The highest BCUT2D eigenvalue weighted by molar-refractivity contribution is 6.30. The molecule has 3 aromatic rings. The third kappa shape index (κ3) is 2.45. The van der Waals surface area contributed by atoms with Gasteiger partial charge in [0.15, 0.2) is 0 Å². The molecule has 0 unspecified atom stereocenters. The molecule has 0 aliphatic carbocycles. The van der Waals surface area contributed by atoms with Crippen LogP contribution < -0.4 is 0 Å². The van der Waals surface area contributed by atoms with Crippen LogP contribution in [0.25, 0.3) is 22.6 Å². The molecule has 0 aliphatic rings. The Hall–Kier alpha value is -2.13. The molecular weight excluding hydrogens is 270 g/mol. The summed E-state index contributed by atoms with van der Waals surface area (Å²) in [4.78, 5) is 12.2. The van der Waals surface area contributed by atoms with E-state index in [-0.39, 0.29) is 0 Å². The van der Waals surface area contributed by atoms with Crippen LogP contribution in [0.3, 0.4) is 0 Å². The average Bonchev–Trinajstić information content (AvgIpc) is 2.93. The molecule has 0 fully saturated rings. The van der Waals surface area contributed by atoms with Crippen LogP contribution in [0.1, 0.15) is 12.6 Å². The molecular formula is C16H14ClN3. The maximum Gasteiger partial charge on any atom is 0.138 e. The molecule has 2 aromatic heterocycles. The zero-order valence-electron chi connectivity index (χ0n) is 11.1. The van der Waals surface area contributed by atoms with Gasteiger partial charge in [0.2, 0.25) is 0 Å². The van der Waals surface area contributed by atoms with Crippen molar-refractivity contribution in [3.63, 3.8) is 0 Å². The maximum atomic E-state index is 5.92. The Labute approximate surface area is 122 Å². The van der Waals surface area contributed by atoms with E-state index in [0.717, 1.165) is 39.8 Å². The smallest absolute Gasteiger partial charge is 0.138 e. The third-order valence-corrected chi connectivity index (χ3v) is 3.43. The van der Waals surface area contributed by atoms with E-state index in [4.69, 9.17) is 11.6 Å². The normalized spacial score (nSPS) is 10.7. The summed E-state index contributed by atoms with van der Waals surface area (Å²) in [6.07, 6.45) is 4.48. The van der Waals surface area contributed by atoms with E-state index in [1.807, 2.05) is 42.6 Å². The number of H-pyrrole nitrogens is 1.